The highest BCUT2D eigenvalue weighted by Gasteiger charge is 2.29. The molecule has 4 rings (SSSR count). The molecular formula is C18H16N4O2. The number of nitrogens with zero attached hydrogens (tertiary/aromatic N) is 1. The van der Waals surface area contributed by atoms with Crippen LogP contribution in [0.1, 0.15) is 34.2 Å². The Labute approximate surface area is 138 Å². The summed E-state index contributed by atoms with van der Waals surface area (Å²) in [5.74, 6) is 0.457. The summed E-state index contributed by atoms with van der Waals surface area (Å²) >= 11 is 0. The normalized spacial score (nSPS) is 16.0. The van der Waals surface area contributed by atoms with E-state index in [1.807, 2.05) is 42.5 Å². The van der Waals surface area contributed by atoms with Gasteiger partial charge in [-0.2, -0.15) is 0 Å². The maximum Gasteiger partial charge on any atom is 0.252 e. The van der Waals surface area contributed by atoms with E-state index in [-0.39, 0.29) is 24.3 Å². The maximum atomic E-state index is 12.2. The van der Waals surface area contributed by atoms with Gasteiger partial charge in [-0.25, -0.2) is 4.98 Å². The standard InChI is InChI=1S/C18H16N4O2/c23-17(9-15-11-5-1-2-6-12(11)18(24)22-15)19-10-16-20-13-7-3-4-8-14(13)21-16/h1-8,15H,9-10H2,(H,19,23)(H,20,21)(H,22,24). The molecule has 0 aliphatic carbocycles. The van der Waals surface area contributed by atoms with Crippen molar-refractivity contribution in [1.82, 2.24) is 20.6 Å². The molecule has 1 aliphatic heterocycles. The van der Waals surface area contributed by atoms with E-state index in [0.29, 0.717) is 17.9 Å². The zero-order valence-electron chi connectivity index (χ0n) is 12.9. The maximum absolute atomic E-state index is 12.2. The van der Waals surface area contributed by atoms with Crippen LogP contribution >= 0.6 is 0 Å². The molecule has 2 aromatic carbocycles. The Morgan fingerprint density at radius 1 is 1.12 bits per heavy atom. The average Bonchev–Trinajstić information content (AvgIpc) is 3.15. The fourth-order valence-corrected chi connectivity index (χ4v) is 3.01. The van der Waals surface area contributed by atoms with Crippen LogP contribution in [-0.2, 0) is 11.3 Å². The van der Waals surface area contributed by atoms with Gasteiger partial charge >= 0.3 is 0 Å². The second-order valence-electron chi connectivity index (χ2n) is 5.79. The number of hydrogen-bond donors (Lipinski definition) is 3. The fraction of sp³-hybridized carbons (Fsp3) is 0.167. The van der Waals surface area contributed by atoms with Crippen LogP contribution in [0.3, 0.4) is 0 Å². The van der Waals surface area contributed by atoms with Crippen molar-refractivity contribution in [2.75, 3.05) is 0 Å². The van der Waals surface area contributed by atoms with Crippen LogP contribution < -0.4 is 10.6 Å². The summed E-state index contributed by atoms with van der Waals surface area (Å²) in [5.41, 5.74) is 3.34. The van der Waals surface area contributed by atoms with E-state index in [2.05, 4.69) is 20.6 Å². The van der Waals surface area contributed by atoms with Crippen LogP contribution in [0, 0.1) is 0 Å². The first kappa shape index (κ1) is 14.4. The van der Waals surface area contributed by atoms with Crippen molar-refractivity contribution in [2.24, 2.45) is 0 Å². The van der Waals surface area contributed by atoms with Crippen molar-refractivity contribution in [2.45, 2.75) is 19.0 Å². The number of H-pyrrole nitrogens is 1. The molecule has 0 radical (unpaired) electrons. The van der Waals surface area contributed by atoms with Crippen LogP contribution in [0.5, 0.6) is 0 Å². The summed E-state index contributed by atoms with van der Waals surface area (Å²) in [7, 11) is 0. The predicted octanol–water partition coefficient (Wildman–Crippen LogP) is 2.05. The highest BCUT2D eigenvalue weighted by molar-refractivity contribution is 5.99. The molecule has 120 valence electrons. The minimum atomic E-state index is -0.274. The lowest BCUT2D eigenvalue weighted by atomic mass is 10.0. The van der Waals surface area contributed by atoms with Gasteiger partial charge in [-0.15, -0.1) is 0 Å². The van der Waals surface area contributed by atoms with Gasteiger partial charge in [0.15, 0.2) is 0 Å². The monoisotopic (exact) mass is 320 g/mol. The van der Waals surface area contributed by atoms with E-state index >= 15 is 0 Å². The molecule has 0 bridgehead atoms. The molecule has 3 N–H and O–H groups in total. The van der Waals surface area contributed by atoms with Gasteiger partial charge in [0.2, 0.25) is 5.91 Å². The molecule has 6 heteroatoms. The van der Waals surface area contributed by atoms with E-state index in [0.717, 1.165) is 16.6 Å². The molecule has 24 heavy (non-hydrogen) atoms. The zero-order valence-corrected chi connectivity index (χ0v) is 12.9. The molecule has 1 unspecified atom stereocenters. The van der Waals surface area contributed by atoms with Crippen molar-refractivity contribution in [1.29, 1.82) is 0 Å². The Morgan fingerprint density at radius 2 is 1.92 bits per heavy atom. The molecule has 0 fully saturated rings. The second-order valence-corrected chi connectivity index (χ2v) is 5.79. The van der Waals surface area contributed by atoms with Gasteiger partial charge in [-0.1, -0.05) is 30.3 Å². The Kier molecular flexibility index (Phi) is 3.49. The van der Waals surface area contributed by atoms with Gasteiger partial charge in [-0.05, 0) is 23.8 Å². The quantitative estimate of drug-likeness (QED) is 0.687. The number of para-hydroxylation sites is 2. The Bertz CT molecular complexity index is 898. The minimum Gasteiger partial charge on any atom is -0.349 e. The zero-order chi connectivity index (χ0) is 16.5. The van der Waals surface area contributed by atoms with Gasteiger partial charge < -0.3 is 15.6 Å². The predicted molar refractivity (Wildman–Crippen MR) is 89.2 cm³/mol. The number of aromatic nitrogens is 2. The third-order valence-electron chi connectivity index (χ3n) is 4.17. The molecular weight excluding hydrogens is 304 g/mol. The number of benzene rings is 2. The first-order chi connectivity index (χ1) is 11.7. The summed E-state index contributed by atoms with van der Waals surface area (Å²) in [6.07, 6.45) is 0.211. The van der Waals surface area contributed by atoms with E-state index in [9.17, 15) is 9.59 Å². The first-order valence-electron chi connectivity index (χ1n) is 7.81. The molecule has 0 saturated carbocycles. The molecule has 3 aromatic rings. The number of carbonyl (C=O) groups excluding carboxylic acids is 2. The lowest BCUT2D eigenvalue weighted by Gasteiger charge is -2.11. The van der Waals surface area contributed by atoms with Crippen molar-refractivity contribution >= 4 is 22.8 Å². The fourth-order valence-electron chi connectivity index (χ4n) is 3.01. The third kappa shape index (κ3) is 2.62. The lowest BCUT2D eigenvalue weighted by molar-refractivity contribution is -0.121. The summed E-state index contributed by atoms with van der Waals surface area (Å²) in [6, 6.07) is 14.8. The van der Waals surface area contributed by atoms with Gasteiger partial charge in [0.1, 0.15) is 5.82 Å². The molecule has 2 heterocycles. The van der Waals surface area contributed by atoms with Crippen molar-refractivity contribution in [3.63, 3.8) is 0 Å². The smallest absolute Gasteiger partial charge is 0.252 e. The molecule has 6 nitrogen and oxygen atoms in total. The number of amides is 2. The van der Waals surface area contributed by atoms with Gasteiger partial charge in [0.05, 0.1) is 30.0 Å². The number of imidazole rings is 1. The number of fused-ring (bicyclic) bond motifs is 2. The lowest BCUT2D eigenvalue weighted by Crippen LogP contribution is -2.29. The van der Waals surface area contributed by atoms with Crippen LogP contribution in [0.2, 0.25) is 0 Å². The first-order valence-corrected chi connectivity index (χ1v) is 7.81. The number of carbonyl (C=O) groups is 2. The summed E-state index contributed by atoms with van der Waals surface area (Å²) in [5, 5.41) is 5.70. The topological polar surface area (TPSA) is 86.9 Å². The highest BCUT2D eigenvalue weighted by Crippen LogP contribution is 2.27. The van der Waals surface area contributed by atoms with Gasteiger partial charge in [-0.3, -0.25) is 9.59 Å². The molecule has 0 saturated heterocycles. The Balaban J connectivity index is 1.40. The Hall–Kier alpha value is -3.15. The molecule has 1 atom stereocenters. The third-order valence-corrected chi connectivity index (χ3v) is 4.17. The number of nitrogens with one attached hydrogen (secondary N) is 3. The SMILES string of the molecule is O=C(CC1NC(=O)c2ccccc21)NCc1nc2ccccc2[nH]1. The summed E-state index contributed by atoms with van der Waals surface area (Å²) < 4.78 is 0. The molecule has 1 aromatic heterocycles. The van der Waals surface area contributed by atoms with Gasteiger partial charge in [0, 0.05) is 5.56 Å². The van der Waals surface area contributed by atoms with Crippen LogP contribution in [0.15, 0.2) is 48.5 Å². The molecule has 2 amide bonds. The van der Waals surface area contributed by atoms with Gasteiger partial charge in [0.25, 0.3) is 5.91 Å². The van der Waals surface area contributed by atoms with Crippen LogP contribution in [0.25, 0.3) is 11.0 Å². The summed E-state index contributed by atoms with van der Waals surface area (Å²) in [6.45, 7) is 0.329. The largest absolute Gasteiger partial charge is 0.349 e. The number of rotatable bonds is 4. The molecule has 1 aliphatic rings. The number of hydrogen-bond acceptors (Lipinski definition) is 3. The van der Waals surface area contributed by atoms with E-state index in [1.165, 1.54) is 0 Å². The second kappa shape index (κ2) is 5.81. The number of aromatic amines is 1. The van der Waals surface area contributed by atoms with Crippen molar-refractivity contribution in [3.05, 3.63) is 65.5 Å². The highest BCUT2D eigenvalue weighted by atomic mass is 16.2. The van der Waals surface area contributed by atoms with E-state index < -0.39 is 0 Å². The summed E-state index contributed by atoms with van der Waals surface area (Å²) in [4.78, 5) is 31.7. The minimum absolute atomic E-state index is 0.124. The Morgan fingerprint density at radius 3 is 2.79 bits per heavy atom. The van der Waals surface area contributed by atoms with Crippen LogP contribution in [0.4, 0.5) is 0 Å². The average molecular weight is 320 g/mol. The van der Waals surface area contributed by atoms with E-state index in [4.69, 9.17) is 0 Å². The van der Waals surface area contributed by atoms with E-state index in [1.54, 1.807) is 6.07 Å². The van der Waals surface area contributed by atoms with Crippen LogP contribution in [-0.4, -0.2) is 21.8 Å². The van der Waals surface area contributed by atoms with Crippen molar-refractivity contribution < 1.29 is 9.59 Å². The van der Waals surface area contributed by atoms with Crippen molar-refractivity contribution in [3.8, 4) is 0 Å². The molecule has 0 spiro atoms.